The summed E-state index contributed by atoms with van der Waals surface area (Å²) in [5, 5.41) is 0.554. The molecule has 4 nitrogen and oxygen atoms in total. The summed E-state index contributed by atoms with van der Waals surface area (Å²) in [4.78, 5) is 14.1. The minimum atomic E-state index is -0.0719. The van der Waals surface area contributed by atoms with Crippen LogP contribution in [-0.4, -0.2) is 31.1 Å². The number of hydrogen-bond donors (Lipinski definition) is 0. The predicted molar refractivity (Wildman–Crippen MR) is 84.7 cm³/mol. The molecule has 0 spiro atoms. The summed E-state index contributed by atoms with van der Waals surface area (Å²) in [6.07, 6.45) is 0. The molecular weight excluding hydrogens is 302 g/mol. The fourth-order valence-electron chi connectivity index (χ4n) is 2.37. The highest BCUT2D eigenvalue weighted by atomic mass is 35.5. The van der Waals surface area contributed by atoms with Gasteiger partial charge in [-0.15, -0.1) is 0 Å². The maximum Gasteiger partial charge on any atom is 0.253 e. The van der Waals surface area contributed by atoms with Crippen LogP contribution in [0.2, 0.25) is 5.02 Å². The zero-order valence-corrected chi connectivity index (χ0v) is 13.0. The van der Waals surface area contributed by atoms with Crippen LogP contribution in [0.5, 0.6) is 11.5 Å². The average Bonchev–Trinajstić information content (AvgIpc) is 2.54. The Hall–Kier alpha value is -2.20. The van der Waals surface area contributed by atoms with Gasteiger partial charge in [-0.1, -0.05) is 23.7 Å². The Kier molecular flexibility index (Phi) is 4.20. The van der Waals surface area contributed by atoms with E-state index in [1.165, 1.54) is 0 Å². The van der Waals surface area contributed by atoms with E-state index < -0.39 is 0 Å². The Balaban J connectivity index is 1.73. The molecule has 2 aromatic rings. The fourth-order valence-corrected chi connectivity index (χ4v) is 2.56. The lowest BCUT2D eigenvalue weighted by Crippen LogP contribution is -2.26. The lowest BCUT2D eigenvalue weighted by Gasteiger charge is -2.21. The van der Waals surface area contributed by atoms with Gasteiger partial charge < -0.3 is 14.4 Å². The minimum Gasteiger partial charge on any atom is -0.486 e. The van der Waals surface area contributed by atoms with Crippen molar-refractivity contribution in [2.75, 3.05) is 20.3 Å². The number of ether oxygens (including phenoxy) is 2. The van der Waals surface area contributed by atoms with Gasteiger partial charge in [-0.3, -0.25) is 4.79 Å². The third-order valence-electron chi connectivity index (χ3n) is 3.44. The maximum atomic E-state index is 12.4. The molecule has 0 atom stereocenters. The molecule has 114 valence electrons. The Morgan fingerprint density at radius 2 is 1.91 bits per heavy atom. The summed E-state index contributed by atoms with van der Waals surface area (Å²) in [7, 11) is 1.76. The summed E-state index contributed by atoms with van der Waals surface area (Å²) < 4.78 is 11.1. The van der Waals surface area contributed by atoms with Gasteiger partial charge in [0.1, 0.15) is 13.2 Å². The highest BCUT2D eigenvalue weighted by Gasteiger charge is 2.15. The topological polar surface area (TPSA) is 38.8 Å². The van der Waals surface area contributed by atoms with E-state index in [0.717, 1.165) is 17.1 Å². The molecule has 3 rings (SSSR count). The molecule has 0 aliphatic carbocycles. The first-order chi connectivity index (χ1) is 10.6. The monoisotopic (exact) mass is 317 g/mol. The summed E-state index contributed by atoms with van der Waals surface area (Å²) in [6, 6.07) is 12.7. The zero-order valence-electron chi connectivity index (χ0n) is 12.2. The van der Waals surface area contributed by atoms with Crippen molar-refractivity contribution in [3.05, 3.63) is 58.6 Å². The number of hydrogen-bond acceptors (Lipinski definition) is 3. The number of benzene rings is 2. The van der Waals surface area contributed by atoms with Gasteiger partial charge in [-0.05, 0) is 35.9 Å². The number of nitrogens with zero attached hydrogens (tertiary/aromatic N) is 1. The standard InChI is InChI=1S/C17H16ClNO3/c1-19(17(20)13-3-2-4-14(18)10-13)11-12-5-6-15-16(9-12)22-8-7-21-15/h2-6,9-10H,7-8,11H2,1H3. The number of amides is 1. The van der Waals surface area contributed by atoms with Crippen molar-refractivity contribution in [3.63, 3.8) is 0 Å². The van der Waals surface area contributed by atoms with Gasteiger partial charge in [-0.2, -0.15) is 0 Å². The number of carbonyl (C=O) groups is 1. The van der Waals surface area contributed by atoms with Gasteiger partial charge in [0.25, 0.3) is 5.91 Å². The maximum absolute atomic E-state index is 12.4. The van der Waals surface area contributed by atoms with Crippen LogP contribution in [0.1, 0.15) is 15.9 Å². The summed E-state index contributed by atoms with van der Waals surface area (Å²) in [5.74, 6) is 1.41. The molecule has 5 heteroatoms. The molecule has 1 amide bonds. The van der Waals surface area contributed by atoms with Gasteiger partial charge in [0.15, 0.2) is 11.5 Å². The first-order valence-electron chi connectivity index (χ1n) is 7.03. The van der Waals surface area contributed by atoms with Gasteiger partial charge >= 0.3 is 0 Å². The SMILES string of the molecule is CN(Cc1ccc2c(c1)OCCO2)C(=O)c1cccc(Cl)c1. The van der Waals surface area contributed by atoms with E-state index in [1.54, 1.807) is 36.2 Å². The van der Waals surface area contributed by atoms with Crippen LogP contribution in [0, 0.1) is 0 Å². The molecule has 0 saturated carbocycles. The lowest BCUT2D eigenvalue weighted by molar-refractivity contribution is 0.0785. The van der Waals surface area contributed by atoms with E-state index in [9.17, 15) is 4.79 Å². The normalized spacial score (nSPS) is 12.8. The first kappa shape index (κ1) is 14.7. The van der Waals surface area contributed by atoms with Gasteiger partial charge in [0.2, 0.25) is 0 Å². The molecule has 1 heterocycles. The third-order valence-corrected chi connectivity index (χ3v) is 3.68. The molecule has 1 aliphatic heterocycles. The molecule has 0 N–H and O–H groups in total. The van der Waals surface area contributed by atoms with E-state index in [1.807, 2.05) is 18.2 Å². The van der Waals surface area contributed by atoms with Crippen molar-refractivity contribution in [1.29, 1.82) is 0 Å². The summed E-state index contributed by atoms with van der Waals surface area (Å²) in [5.41, 5.74) is 1.56. The minimum absolute atomic E-state index is 0.0719. The second-order valence-corrected chi connectivity index (χ2v) is 5.59. The highest BCUT2D eigenvalue weighted by Crippen LogP contribution is 2.31. The van der Waals surface area contributed by atoms with Crippen LogP contribution in [-0.2, 0) is 6.54 Å². The van der Waals surface area contributed by atoms with Crippen molar-refractivity contribution in [2.45, 2.75) is 6.54 Å². The van der Waals surface area contributed by atoms with Crippen molar-refractivity contribution >= 4 is 17.5 Å². The summed E-state index contributed by atoms with van der Waals surface area (Å²) in [6.45, 7) is 1.61. The second kappa shape index (κ2) is 6.28. The quantitative estimate of drug-likeness (QED) is 0.871. The van der Waals surface area contributed by atoms with E-state index in [4.69, 9.17) is 21.1 Å². The fraction of sp³-hybridized carbons (Fsp3) is 0.235. The molecule has 0 radical (unpaired) electrons. The number of halogens is 1. The lowest BCUT2D eigenvalue weighted by atomic mass is 10.1. The van der Waals surface area contributed by atoms with Crippen LogP contribution in [0.15, 0.2) is 42.5 Å². The van der Waals surface area contributed by atoms with Gasteiger partial charge in [0, 0.05) is 24.2 Å². The largest absolute Gasteiger partial charge is 0.486 e. The van der Waals surface area contributed by atoms with E-state index >= 15 is 0 Å². The van der Waals surface area contributed by atoms with Crippen molar-refractivity contribution < 1.29 is 14.3 Å². The molecule has 0 bridgehead atoms. The third kappa shape index (κ3) is 3.17. The molecule has 2 aromatic carbocycles. The van der Waals surface area contributed by atoms with E-state index in [2.05, 4.69) is 0 Å². The van der Waals surface area contributed by atoms with Crippen LogP contribution in [0.4, 0.5) is 0 Å². The molecule has 0 aromatic heterocycles. The van der Waals surface area contributed by atoms with Gasteiger partial charge in [-0.25, -0.2) is 0 Å². The molecule has 0 unspecified atom stereocenters. The molecule has 0 saturated heterocycles. The highest BCUT2D eigenvalue weighted by molar-refractivity contribution is 6.30. The number of rotatable bonds is 3. The van der Waals surface area contributed by atoms with Crippen molar-refractivity contribution in [3.8, 4) is 11.5 Å². The number of fused-ring (bicyclic) bond motifs is 1. The first-order valence-corrected chi connectivity index (χ1v) is 7.41. The number of carbonyl (C=O) groups excluding carboxylic acids is 1. The Morgan fingerprint density at radius 1 is 1.14 bits per heavy atom. The molecular formula is C17H16ClNO3. The zero-order chi connectivity index (χ0) is 15.5. The van der Waals surface area contributed by atoms with E-state index in [0.29, 0.717) is 30.3 Å². The Morgan fingerprint density at radius 3 is 2.68 bits per heavy atom. The molecule has 0 fully saturated rings. The average molecular weight is 318 g/mol. The second-order valence-electron chi connectivity index (χ2n) is 5.15. The molecule has 1 aliphatic rings. The van der Waals surface area contributed by atoms with Crippen LogP contribution in [0.3, 0.4) is 0 Å². The van der Waals surface area contributed by atoms with E-state index in [-0.39, 0.29) is 5.91 Å². The predicted octanol–water partition coefficient (Wildman–Crippen LogP) is 3.38. The summed E-state index contributed by atoms with van der Waals surface area (Å²) >= 11 is 5.93. The van der Waals surface area contributed by atoms with Crippen LogP contribution >= 0.6 is 11.6 Å². The Bertz CT molecular complexity index is 702. The van der Waals surface area contributed by atoms with Crippen molar-refractivity contribution in [2.24, 2.45) is 0 Å². The van der Waals surface area contributed by atoms with Crippen LogP contribution < -0.4 is 9.47 Å². The van der Waals surface area contributed by atoms with Gasteiger partial charge in [0.05, 0.1) is 0 Å². The Labute approximate surface area is 134 Å². The molecule has 22 heavy (non-hydrogen) atoms. The van der Waals surface area contributed by atoms with Crippen molar-refractivity contribution in [1.82, 2.24) is 4.90 Å². The smallest absolute Gasteiger partial charge is 0.253 e. The van der Waals surface area contributed by atoms with Crippen LogP contribution in [0.25, 0.3) is 0 Å².